The maximum atomic E-state index is 13.2. The molecule has 5 nitrogen and oxygen atoms in total. The van der Waals surface area contributed by atoms with E-state index in [1.54, 1.807) is 6.92 Å². The smallest absolute Gasteiger partial charge is 0.323 e. The Morgan fingerprint density at radius 3 is 2.67 bits per heavy atom. The predicted molar refractivity (Wildman–Crippen MR) is 68.0 cm³/mol. The van der Waals surface area contributed by atoms with Crippen molar-refractivity contribution in [1.82, 2.24) is 4.90 Å². The van der Waals surface area contributed by atoms with Crippen molar-refractivity contribution >= 4 is 33.6 Å². The van der Waals surface area contributed by atoms with E-state index in [1.807, 2.05) is 0 Å². The molecule has 98 valence electrons. The number of nitrogens with one attached hydrogen (secondary N) is 1. The van der Waals surface area contributed by atoms with E-state index in [4.69, 9.17) is 5.11 Å². The summed E-state index contributed by atoms with van der Waals surface area (Å²) in [5.74, 6) is -1.61. The molecule has 0 aromatic heterocycles. The van der Waals surface area contributed by atoms with E-state index in [1.165, 1.54) is 12.1 Å². The topological polar surface area (TPSA) is 69.6 Å². The molecule has 0 spiro atoms. The summed E-state index contributed by atoms with van der Waals surface area (Å²) in [4.78, 5) is 23.3. The highest BCUT2D eigenvalue weighted by atomic mass is 79.9. The van der Waals surface area contributed by atoms with E-state index in [9.17, 15) is 14.0 Å². The lowest BCUT2D eigenvalue weighted by Gasteiger charge is -2.19. The van der Waals surface area contributed by atoms with Gasteiger partial charge in [-0.05, 0) is 41.1 Å². The molecule has 1 aromatic rings. The molecule has 0 atom stereocenters. The Labute approximate surface area is 112 Å². The Bertz CT molecular complexity index is 468. The highest BCUT2D eigenvalue weighted by Crippen LogP contribution is 2.19. The minimum absolute atomic E-state index is 0.247. The van der Waals surface area contributed by atoms with Crippen molar-refractivity contribution in [1.29, 1.82) is 0 Å². The number of halogens is 2. The van der Waals surface area contributed by atoms with Gasteiger partial charge in [-0.2, -0.15) is 0 Å². The van der Waals surface area contributed by atoms with Crippen LogP contribution in [0.15, 0.2) is 22.7 Å². The maximum Gasteiger partial charge on any atom is 0.323 e. The van der Waals surface area contributed by atoms with Crippen LogP contribution in [-0.2, 0) is 4.79 Å². The molecule has 0 fully saturated rings. The normalized spacial score (nSPS) is 9.94. The number of aliphatic carboxylic acids is 1. The zero-order valence-electron chi connectivity index (χ0n) is 9.61. The second-order valence-electron chi connectivity index (χ2n) is 3.47. The van der Waals surface area contributed by atoms with Gasteiger partial charge in [0.15, 0.2) is 0 Å². The summed E-state index contributed by atoms with van der Waals surface area (Å²) in [5.41, 5.74) is 0.268. The van der Waals surface area contributed by atoms with E-state index in [2.05, 4.69) is 21.2 Å². The van der Waals surface area contributed by atoms with E-state index >= 15 is 0 Å². The molecular formula is C11H12BrFN2O3. The first-order valence-electron chi connectivity index (χ1n) is 5.16. The van der Waals surface area contributed by atoms with Gasteiger partial charge in [0.05, 0.1) is 4.47 Å². The summed E-state index contributed by atoms with van der Waals surface area (Å²) in [6.07, 6.45) is 0. The number of benzene rings is 1. The number of carbonyl (C=O) groups is 2. The fourth-order valence-corrected chi connectivity index (χ4v) is 1.51. The van der Waals surface area contributed by atoms with Crippen LogP contribution in [0, 0.1) is 5.82 Å². The molecule has 0 aliphatic heterocycles. The van der Waals surface area contributed by atoms with Gasteiger partial charge in [-0.3, -0.25) is 4.79 Å². The zero-order valence-corrected chi connectivity index (χ0v) is 11.2. The second-order valence-corrected chi connectivity index (χ2v) is 4.32. The molecule has 18 heavy (non-hydrogen) atoms. The van der Waals surface area contributed by atoms with Gasteiger partial charge in [0.1, 0.15) is 12.4 Å². The lowest BCUT2D eigenvalue weighted by atomic mass is 10.3. The third kappa shape index (κ3) is 3.99. The maximum absolute atomic E-state index is 13.2. The summed E-state index contributed by atoms with van der Waals surface area (Å²) in [6.45, 7) is 1.50. The monoisotopic (exact) mass is 318 g/mol. The second kappa shape index (κ2) is 6.34. The third-order valence-electron chi connectivity index (χ3n) is 2.17. The standard InChI is InChI=1S/C11H12BrFN2O3/c1-2-15(6-10(16)17)11(18)14-7-3-4-8(12)9(13)5-7/h3-5H,2,6H2,1H3,(H,14,18)(H,16,17). The van der Waals surface area contributed by atoms with Gasteiger partial charge in [-0.1, -0.05) is 0 Å². The van der Waals surface area contributed by atoms with Crippen molar-refractivity contribution in [3.8, 4) is 0 Å². The molecule has 0 heterocycles. The Balaban J connectivity index is 2.73. The van der Waals surface area contributed by atoms with E-state index in [-0.39, 0.29) is 12.2 Å². The minimum Gasteiger partial charge on any atom is -0.480 e. The van der Waals surface area contributed by atoms with Crippen molar-refractivity contribution in [2.24, 2.45) is 0 Å². The lowest BCUT2D eigenvalue weighted by molar-refractivity contribution is -0.137. The summed E-state index contributed by atoms with van der Waals surface area (Å²) >= 11 is 3.00. The highest BCUT2D eigenvalue weighted by Gasteiger charge is 2.15. The van der Waals surface area contributed by atoms with Gasteiger partial charge in [-0.25, -0.2) is 9.18 Å². The Morgan fingerprint density at radius 1 is 1.50 bits per heavy atom. The largest absolute Gasteiger partial charge is 0.480 e. The molecule has 0 saturated heterocycles. The van der Waals surface area contributed by atoms with Crippen LogP contribution in [0.3, 0.4) is 0 Å². The van der Waals surface area contributed by atoms with Crippen LogP contribution in [-0.4, -0.2) is 35.1 Å². The average Bonchev–Trinajstić information content (AvgIpc) is 2.30. The number of carbonyl (C=O) groups excluding carboxylic acids is 1. The molecule has 2 N–H and O–H groups in total. The van der Waals surface area contributed by atoms with Crippen LogP contribution >= 0.6 is 15.9 Å². The fourth-order valence-electron chi connectivity index (χ4n) is 1.27. The van der Waals surface area contributed by atoms with Gasteiger partial charge in [0, 0.05) is 12.2 Å². The first-order chi connectivity index (χ1) is 8.43. The number of amides is 2. The number of carboxylic acid groups (broad SMARTS) is 1. The molecule has 1 rings (SSSR count). The van der Waals surface area contributed by atoms with Gasteiger partial charge >= 0.3 is 12.0 Å². The Hall–Kier alpha value is -1.63. The molecule has 0 bridgehead atoms. The van der Waals surface area contributed by atoms with Crippen molar-refractivity contribution in [2.45, 2.75) is 6.92 Å². The Morgan fingerprint density at radius 2 is 2.17 bits per heavy atom. The van der Waals surface area contributed by atoms with Crippen LogP contribution in [0.4, 0.5) is 14.9 Å². The van der Waals surface area contributed by atoms with Crippen LogP contribution < -0.4 is 5.32 Å². The SMILES string of the molecule is CCN(CC(=O)O)C(=O)Nc1ccc(Br)c(F)c1. The molecule has 7 heteroatoms. The van der Waals surface area contributed by atoms with E-state index in [0.29, 0.717) is 4.47 Å². The van der Waals surface area contributed by atoms with Gasteiger partial charge in [-0.15, -0.1) is 0 Å². The van der Waals surface area contributed by atoms with Gasteiger partial charge in [0.2, 0.25) is 0 Å². The molecule has 0 aliphatic carbocycles. The highest BCUT2D eigenvalue weighted by molar-refractivity contribution is 9.10. The van der Waals surface area contributed by atoms with E-state index in [0.717, 1.165) is 11.0 Å². The van der Waals surface area contributed by atoms with Gasteiger partial charge in [0.25, 0.3) is 0 Å². The number of carboxylic acids is 1. The van der Waals surface area contributed by atoms with Crippen LogP contribution in [0.25, 0.3) is 0 Å². The summed E-state index contributed by atoms with van der Waals surface area (Å²) in [7, 11) is 0. The van der Waals surface area contributed by atoms with Crippen LogP contribution in [0.5, 0.6) is 0 Å². The van der Waals surface area contributed by atoms with Gasteiger partial charge < -0.3 is 15.3 Å². The molecular weight excluding hydrogens is 307 g/mol. The number of hydrogen-bond donors (Lipinski definition) is 2. The van der Waals surface area contributed by atoms with Crippen molar-refractivity contribution in [2.75, 3.05) is 18.4 Å². The van der Waals surface area contributed by atoms with Crippen LogP contribution in [0.2, 0.25) is 0 Å². The number of rotatable bonds is 4. The van der Waals surface area contributed by atoms with Crippen molar-refractivity contribution < 1.29 is 19.1 Å². The van der Waals surface area contributed by atoms with Crippen molar-refractivity contribution in [3.63, 3.8) is 0 Å². The molecule has 2 amide bonds. The predicted octanol–water partition coefficient (Wildman–Crippen LogP) is 2.53. The minimum atomic E-state index is -1.10. The van der Waals surface area contributed by atoms with E-state index < -0.39 is 24.4 Å². The molecule has 0 saturated carbocycles. The summed E-state index contributed by atoms with van der Waals surface area (Å²) in [5, 5.41) is 11.1. The molecule has 0 aliphatic rings. The molecule has 0 radical (unpaired) electrons. The average molecular weight is 319 g/mol. The number of nitrogens with zero attached hydrogens (tertiary/aromatic N) is 1. The molecule has 1 aromatic carbocycles. The number of likely N-dealkylation sites (N-methyl/N-ethyl adjacent to an activating group) is 1. The first kappa shape index (κ1) is 14.4. The number of anilines is 1. The number of hydrogen-bond acceptors (Lipinski definition) is 2. The summed E-state index contributed by atoms with van der Waals surface area (Å²) < 4.78 is 13.5. The Kier molecular flexibility index (Phi) is 5.08. The third-order valence-corrected chi connectivity index (χ3v) is 2.81. The summed E-state index contributed by atoms with van der Waals surface area (Å²) in [6, 6.07) is 3.54. The zero-order chi connectivity index (χ0) is 13.7. The first-order valence-corrected chi connectivity index (χ1v) is 5.96. The van der Waals surface area contributed by atoms with Crippen molar-refractivity contribution in [3.05, 3.63) is 28.5 Å². The molecule has 0 unspecified atom stereocenters. The van der Waals surface area contributed by atoms with Crippen LogP contribution in [0.1, 0.15) is 6.92 Å². The lowest BCUT2D eigenvalue weighted by Crippen LogP contribution is -2.38. The number of urea groups is 1. The fraction of sp³-hybridized carbons (Fsp3) is 0.273. The quantitative estimate of drug-likeness (QED) is 0.896.